The van der Waals surface area contributed by atoms with Gasteiger partial charge in [-0.3, -0.25) is 0 Å². The van der Waals surface area contributed by atoms with Crippen molar-refractivity contribution in [3.05, 3.63) is 46.5 Å². The second kappa shape index (κ2) is 4.89. The summed E-state index contributed by atoms with van der Waals surface area (Å²) in [4.78, 5) is 7.22. The molecule has 1 aromatic heterocycles. The summed E-state index contributed by atoms with van der Waals surface area (Å²) in [5, 5.41) is 12.6. The molecule has 5 heteroatoms. The molecular weight excluding hydrogens is 236 g/mol. The van der Waals surface area contributed by atoms with Gasteiger partial charge in [0, 0.05) is 0 Å². The van der Waals surface area contributed by atoms with E-state index in [1.165, 1.54) is 0 Å². The number of rotatable bonds is 3. The van der Waals surface area contributed by atoms with Crippen molar-refractivity contribution in [1.29, 1.82) is 5.26 Å². The molecule has 0 atom stereocenters. The molecule has 0 saturated carbocycles. The molecule has 0 aliphatic rings. The molecule has 0 unspecified atom stereocenters. The van der Waals surface area contributed by atoms with Crippen molar-refractivity contribution >= 4 is 17.3 Å². The van der Waals surface area contributed by atoms with Crippen molar-refractivity contribution in [3.8, 4) is 6.07 Å². The van der Waals surface area contributed by atoms with Crippen LogP contribution in [0.25, 0.3) is 0 Å². The van der Waals surface area contributed by atoms with E-state index in [1.54, 1.807) is 24.4 Å². The van der Waals surface area contributed by atoms with Crippen LogP contribution < -0.4 is 5.32 Å². The number of H-pyrrole nitrogens is 1. The van der Waals surface area contributed by atoms with Gasteiger partial charge in [-0.05, 0) is 25.1 Å². The molecule has 0 amide bonds. The highest BCUT2D eigenvalue weighted by Gasteiger charge is 2.02. The Bertz CT molecular complexity index is 568. The molecule has 0 aliphatic heterocycles. The zero-order valence-corrected chi connectivity index (χ0v) is 10.0. The third kappa shape index (κ3) is 2.77. The highest BCUT2D eigenvalue weighted by molar-refractivity contribution is 6.33. The van der Waals surface area contributed by atoms with Crippen LogP contribution in [-0.4, -0.2) is 9.97 Å². The van der Waals surface area contributed by atoms with Gasteiger partial charge in [0.2, 0.25) is 0 Å². The Hall–Kier alpha value is -1.99. The molecule has 4 nitrogen and oxygen atoms in total. The molecule has 0 bridgehead atoms. The fourth-order valence-electron chi connectivity index (χ4n) is 1.48. The smallest absolute Gasteiger partial charge is 0.103 e. The third-order valence-corrected chi connectivity index (χ3v) is 2.65. The molecule has 0 saturated heterocycles. The zero-order valence-electron chi connectivity index (χ0n) is 9.29. The summed E-state index contributed by atoms with van der Waals surface area (Å²) >= 11 is 6.03. The SMILES string of the molecule is Cc1ncc(CNc2cc(C#N)ccc2Cl)[nH]1. The number of nitriles is 1. The summed E-state index contributed by atoms with van der Waals surface area (Å²) in [6, 6.07) is 7.20. The van der Waals surface area contributed by atoms with E-state index in [0.717, 1.165) is 17.2 Å². The number of hydrogen-bond acceptors (Lipinski definition) is 3. The van der Waals surface area contributed by atoms with Gasteiger partial charge in [-0.15, -0.1) is 0 Å². The van der Waals surface area contributed by atoms with Crippen LogP contribution in [0.2, 0.25) is 5.02 Å². The maximum Gasteiger partial charge on any atom is 0.103 e. The van der Waals surface area contributed by atoms with Crippen LogP contribution in [-0.2, 0) is 6.54 Å². The minimum absolute atomic E-state index is 0.581. The van der Waals surface area contributed by atoms with Crippen molar-refractivity contribution < 1.29 is 0 Å². The first-order chi connectivity index (χ1) is 8.19. The fourth-order valence-corrected chi connectivity index (χ4v) is 1.67. The number of imidazole rings is 1. The highest BCUT2D eigenvalue weighted by Crippen LogP contribution is 2.23. The second-order valence-corrected chi connectivity index (χ2v) is 4.06. The Balaban J connectivity index is 2.11. The van der Waals surface area contributed by atoms with Gasteiger partial charge < -0.3 is 10.3 Å². The lowest BCUT2D eigenvalue weighted by atomic mass is 10.2. The van der Waals surface area contributed by atoms with Crippen LogP contribution in [0.4, 0.5) is 5.69 Å². The monoisotopic (exact) mass is 246 g/mol. The summed E-state index contributed by atoms with van der Waals surface area (Å²) in [5.74, 6) is 0.874. The van der Waals surface area contributed by atoms with E-state index in [9.17, 15) is 0 Å². The first kappa shape index (κ1) is 11.5. The predicted molar refractivity (Wildman–Crippen MR) is 66.8 cm³/mol. The number of benzene rings is 1. The maximum atomic E-state index is 8.80. The minimum atomic E-state index is 0.581. The number of nitrogens with zero attached hydrogens (tertiary/aromatic N) is 2. The summed E-state index contributed by atoms with van der Waals surface area (Å²) in [6.07, 6.45) is 1.77. The van der Waals surface area contributed by atoms with E-state index in [1.807, 2.05) is 6.92 Å². The number of anilines is 1. The number of aryl methyl sites for hydroxylation is 1. The molecule has 0 spiro atoms. The van der Waals surface area contributed by atoms with Crippen molar-refractivity contribution in [2.45, 2.75) is 13.5 Å². The lowest BCUT2D eigenvalue weighted by Crippen LogP contribution is -2.00. The van der Waals surface area contributed by atoms with E-state index >= 15 is 0 Å². The summed E-state index contributed by atoms with van der Waals surface area (Å²) in [6.45, 7) is 2.49. The van der Waals surface area contributed by atoms with Crippen molar-refractivity contribution in [1.82, 2.24) is 9.97 Å². The fraction of sp³-hybridized carbons (Fsp3) is 0.167. The van der Waals surface area contributed by atoms with Gasteiger partial charge in [-0.2, -0.15) is 5.26 Å². The van der Waals surface area contributed by atoms with Gasteiger partial charge in [-0.25, -0.2) is 4.98 Å². The molecule has 17 heavy (non-hydrogen) atoms. The molecule has 0 fully saturated rings. The van der Waals surface area contributed by atoms with Gasteiger partial charge in [0.15, 0.2) is 0 Å². The van der Waals surface area contributed by atoms with Crippen LogP contribution in [0.1, 0.15) is 17.1 Å². The Morgan fingerprint density at radius 2 is 2.35 bits per heavy atom. The molecule has 2 rings (SSSR count). The molecule has 0 aliphatic carbocycles. The largest absolute Gasteiger partial charge is 0.378 e. The maximum absolute atomic E-state index is 8.80. The molecule has 1 aromatic carbocycles. The first-order valence-corrected chi connectivity index (χ1v) is 5.51. The number of hydrogen-bond donors (Lipinski definition) is 2. The average Bonchev–Trinajstić information content (AvgIpc) is 2.74. The number of aromatic nitrogens is 2. The standard InChI is InChI=1S/C12H11ClN4/c1-8-15-6-10(17-8)7-16-12-4-9(5-14)2-3-11(12)13/h2-4,6,16H,7H2,1H3,(H,15,17). The summed E-state index contributed by atoms with van der Waals surface area (Å²) in [5.41, 5.74) is 2.30. The Kier molecular flexibility index (Phi) is 3.31. The van der Waals surface area contributed by atoms with E-state index in [0.29, 0.717) is 17.1 Å². The summed E-state index contributed by atoms with van der Waals surface area (Å²) in [7, 11) is 0. The van der Waals surface area contributed by atoms with E-state index in [-0.39, 0.29) is 0 Å². The topological polar surface area (TPSA) is 64.5 Å². The molecular formula is C12H11ClN4. The quantitative estimate of drug-likeness (QED) is 0.875. The van der Waals surface area contributed by atoms with E-state index < -0.39 is 0 Å². The van der Waals surface area contributed by atoms with Crippen LogP contribution in [0, 0.1) is 18.3 Å². The third-order valence-electron chi connectivity index (χ3n) is 2.32. The van der Waals surface area contributed by atoms with Gasteiger partial charge >= 0.3 is 0 Å². The Labute approximate surface area is 104 Å². The first-order valence-electron chi connectivity index (χ1n) is 5.13. The van der Waals surface area contributed by atoms with Crippen LogP contribution >= 0.6 is 11.6 Å². The van der Waals surface area contributed by atoms with Gasteiger partial charge in [0.25, 0.3) is 0 Å². The zero-order chi connectivity index (χ0) is 12.3. The van der Waals surface area contributed by atoms with Crippen LogP contribution in [0.3, 0.4) is 0 Å². The van der Waals surface area contributed by atoms with Crippen LogP contribution in [0.15, 0.2) is 24.4 Å². The Morgan fingerprint density at radius 1 is 1.53 bits per heavy atom. The molecule has 0 radical (unpaired) electrons. The van der Waals surface area contributed by atoms with Gasteiger partial charge in [0.05, 0.1) is 40.8 Å². The highest BCUT2D eigenvalue weighted by atomic mass is 35.5. The number of halogens is 1. The molecule has 2 N–H and O–H groups in total. The Morgan fingerprint density at radius 3 is 3.00 bits per heavy atom. The minimum Gasteiger partial charge on any atom is -0.378 e. The number of nitrogens with one attached hydrogen (secondary N) is 2. The lowest BCUT2D eigenvalue weighted by Gasteiger charge is -2.07. The summed E-state index contributed by atoms with van der Waals surface area (Å²) < 4.78 is 0. The molecule has 1 heterocycles. The van der Waals surface area contributed by atoms with Crippen molar-refractivity contribution in [3.63, 3.8) is 0 Å². The lowest BCUT2D eigenvalue weighted by molar-refractivity contribution is 1.05. The van der Waals surface area contributed by atoms with Gasteiger partial charge in [-0.1, -0.05) is 11.6 Å². The normalized spacial score (nSPS) is 9.94. The van der Waals surface area contributed by atoms with E-state index in [2.05, 4.69) is 21.4 Å². The number of aromatic amines is 1. The second-order valence-electron chi connectivity index (χ2n) is 3.65. The van der Waals surface area contributed by atoms with Gasteiger partial charge in [0.1, 0.15) is 5.82 Å². The predicted octanol–water partition coefficient (Wildman–Crippen LogP) is 2.86. The van der Waals surface area contributed by atoms with Crippen LogP contribution in [0.5, 0.6) is 0 Å². The molecule has 2 aromatic rings. The van der Waals surface area contributed by atoms with E-state index in [4.69, 9.17) is 16.9 Å². The average molecular weight is 247 g/mol. The van der Waals surface area contributed by atoms with Crippen molar-refractivity contribution in [2.75, 3.05) is 5.32 Å². The molecule has 86 valence electrons. The van der Waals surface area contributed by atoms with Crippen molar-refractivity contribution in [2.24, 2.45) is 0 Å².